The molecule has 0 bridgehead atoms. The molecule has 1 aliphatic heterocycles. The van der Waals surface area contributed by atoms with E-state index in [0.29, 0.717) is 12.0 Å². The van der Waals surface area contributed by atoms with Crippen LogP contribution in [0.15, 0.2) is 35.7 Å². The van der Waals surface area contributed by atoms with Crippen molar-refractivity contribution >= 4 is 11.3 Å². The van der Waals surface area contributed by atoms with Crippen molar-refractivity contribution in [3.63, 3.8) is 0 Å². The standard InChI is InChI=1S/C17H23N3S/c1-13(18)14-7-9-20(10-8-14)11-16-12-21-17(19-16)15-5-3-2-4-6-15/h2-6,12-14H,7-11,18H2,1H3. The van der Waals surface area contributed by atoms with Gasteiger partial charge in [0.1, 0.15) is 5.01 Å². The van der Waals surface area contributed by atoms with Gasteiger partial charge in [-0.25, -0.2) is 4.98 Å². The van der Waals surface area contributed by atoms with Gasteiger partial charge in [-0.15, -0.1) is 11.3 Å². The lowest BCUT2D eigenvalue weighted by Crippen LogP contribution is -2.39. The number of nitrogens with zero attached hydrogens (tertiary/aromatic N) is 2. The average Bonchev–Trinajstić information content (AvgIpc) is 2.97. The Morgan fingerprint density at radius 3 is 2.67 bits per heavy atom. The summed E-state index contributed by atoms with van der Waals surface area (Å²) in [5.41, 5.74) is 8.41. The second-order valence-corrected chi connectivity index (χ2v) is 6.84. The minimum Gasteiger partial charge on any atom is -0.328 e. The maximum Gasteiger partial charge on any atom is 0.123 e. The van der Waals surface area contributed by atoms with E-state index in [0.717, 1.165) is 24.6 Å². The van der Waals surface area contributed by atoms with E-state index in [9.17, 15) is 0 Å². The SMILES string of the molecule is CC(N)C1CCN(Cc2csc(-c3ccccc3)n2)CC1. The summed E-state index contributed by atoms with van der Waals surface area (Å²) in [6, 6.07) is 10.7. The number of hydrogen-bond acceptors (Lipinski definition) is 4. The molecule has 1 unspecified atom stereocenters. The molecule has 2 N–H and O–H groups in total. The number of aromatic nitrogens is 1. The first-order valence-electron chi connectivity index (χ1n) is 7.70. The topological polar surface area (TPSA) is 42.1 Å². The van der Waals surface area contributed by atoms with Gasteiger partial charge in [0.15, 0.2) is 0 Å². The number of nitrogens with two attached hydrogens (primary N) is 1. The summed E-state index contributed by atoms with van der Waals surface area (Å²) < 4.78 is 0. The highest BCUT2D eigenvalue weighted by atomic mass is 32.1. The molecular formula is C17H23N3S. The highest BCUT2D eigenvalue weighted by molar-refractivity contribution is 7.13. The molecule has 2 aromatic rings. The molecule has 3 nitrogen and oxygen atoms in total. The van der Waals surface area contributed by atoms with E-state index >= 15 is 0 Å². The van der Waals surface area contributed by atoms with E-state index in [1.54, 1.807) is 11.3 Å². The molecule has 3 rings (SSSR count). The summed E-state index contributed by atoms with van der Waals surface area (Å²) in [5, 5.41) is 3.32. The largest absolute Gasteiger partial charge is 0.328 e. The van der Waals surface area contributed by atoms with Gasteiger partial charge in [0.2, 0.25) is 0 Å². The lowest BCUT2D eigenvalue weighted by molar-refractivity contribution is 0.164. The summed E-state index contributed by atoms with van der Waals surface area (Å²) >= 11 is 1.74. The summed E-state index contributed by atoms with van der Waals surface area (Å²) in [4.78, 5) is 7.28. The number of piperidine rings is 1. The molecule has 112 valence electrons. The van der Waals surface area contributed by atoms with Gasteiger partial charge < -0.3 is 5.73 Å². The lowest BCUT2D eigenvalue weighted by Gasteiger charge is -2.33. The van der Waals surface area contributed by atoms with Crippen molar-refractivity contribution in [2.45, 2.75) is 32.4 Å². The third-order valence-electron chi connectivity index (χ3n) is 4.33. The zero-order valence-electron chi connectivity index (χ0n) is 12.5. The van der Waals surface area contributed by atoms with Crippen LogP contribution in [-0.2, 0) is 6.54 Å². The van der Waals surface area contributed by atoms with Crippen LogP contribution in [0.1, 0.15) is 25.5 Å². The molecule has 21 heavy (non-hydrogen) atoms. The Balaban J connectivity index is 1.59. The zero-order chi connectivity index (χ0) is 14.7. The molecule has 0 saturated carbocycles. The minimum atomic E-state index is 0.330. The number of benzene rings is 1. The van der Waals surface area contributed by atoms with Gasteiger partial charge in [-0.05, 0) is 38.8 Å². The second-order valence-electron chi connectivity index (χ2n) is 5.98. The average molecular weight is 301 g/mol. The molecule has 1 fully saturated rings. The van der Waals surface area contributed by atoms with Crippen molar-refractivity contribution in [1.29, 1.82) is 0 Å². The molecule has 4 heteroatoms. The second kappa shape index (κ2) is 6.69. The fourth-order valence-electron chi connectivity index (χ4n) is 2.96. The molecule has 2 heterocycles. The molecule has 1 saturated heterocycles. The molecule has 0 amide bonds. The van der Waals surface area contributed by atoms with Gasteiger partial charge >= 0.3 is 0 Å². The molecule has 1 atom stereocenters. The minimum absolute atomic E-state index is 0.330. The maximum atomic E-state index is 6.00. The van der Waals surface area contributed by atoms with E-state index in [1.807, 2.05) is 6.07 Å². The van der Waals surface area contributed by atoms with Crippen molar-refractivity contribution in [1.82, 2.24) is 9.88 Å². The molecule has 0 aliphatic carbocycles. The van der Waals surface area contributed by atoms with Crippen LogP contribution < -0.4 is 5.73 Å². The quantitative estimate of drug-likeness (QED) is 0.941. The summed E-state index contributed by atoms with van der Waals surface area (Å²) in [6.45, 7) is 5.39. The fourth-order valence-corrected chi connectivity index (χ4v) is 3.78. The first-order valence-corrected chi connectivity index (χ1v) is 8.58. The first-order chi connectivity index (χ1) is 10.2. The van der Waals surface area contributed by atoms with E-state index < -0.39 is 0 Å². The highest BCUT2D eigenvalue weighted by Crippen LogP contribution is 2.25. The van der Waals surface area contributed by atoms with Gasteiger partial charge in [0, 0.05) is 23.5 Å². The van der Waals surface area contributed by atoms with Gasteiger partial charge in [-0.3, -0.25) is 4.90 Å². The van der Waals surface area contributed by atoms with Crippen LogP contribution in [0.4, 0.5) is 0 Å². The highest BCUT2D eigenvalue weighted by Gasteiger charge is 2.22. The smallest absolute Gasteiger partial charge is 0.123 e. The monoisotopic (exact) mass is 301 g/mol. The Kier molecular flexibility index (Phi) is 4.68. The van der Waals surface area contributed by atoms with Gasteiger partial charge in [0.05, 0.1) is 5.69 Å². The van der Waals surface area contributed by atoms with Crippen molar-refractivity contribution < 1.29 is 0 Å². The Hall–Kier alpha value is -1.23. The number of likely N-dealkylation sites (tertiary alicyclic amines) is 1. The molecule has 1 aromatic carbocycles. The van der Waals surface area contributed by atoms with Crippen LogP contribution in [-0.4, -0.2) is 29.0 Å². The lowest BCUT2D eigenvalue weighted by atomic mass is 9.91. The van der Waals surface area contributed by atoms with E-state index in [1.165, 1.54) is 24.1 Å². The number of thiazole rings is 1. The third kappa shape index (κ3) is 3.70. The van der Waals surface area contributed by atoms with E-state index in [2.05, 4.69) is 41.5 Å². The summed E-state index contributed by atoms with van der Waals surface area (Å²) in [7, 11) is 0. The summed E-state index contributed by atoms with van der Waals surface area (Å²) in [6.07, 6.45) is 2.43. The predicted octanol–water partition coefficient (Wildman–Crippen LogP) is 3.37. The maximum absolute atomic E-state index is 6.00. The van der Waals surface area contributed by atoms with Crippen LogP contribution in [0.25, 0.3) is 10.6 Å². The molecule has 1 aliphatic rings. The number of hydrogen-bond donors (Lipinski definition) is 1. The molecule has 0 radical (unpaired) electrons. The van der Waals surface area contributed by atoms with E-state index in [-0.39, 0.29) is 0 Å². The van der Waals surface area contributed by atoms with E-state index in [4.69, 9.17) is 10.7 Å². The van der Waals surface area contributed by atoms with Crippen LogP contribution >= 0.6 is 11.3 Å². The Morgan fingerprint density at radius 1 is 1.29 bits per heavy atom. The third-order valence-corrected chi connectivity index (χ3v) is 5.27. The van der Waals surface area contributed by atoms with Gasteiger partial charge in [-0.1, -0.05) is 30.3 Å². The number of rotatable bonds is 4. The Labute approximate surface area is 130 Å². The van der Waals surface area contributed by atoms with Gasteiger partial charge in [-0.2, -0.15) is 0 Å². The van der Waals surface area contributed by atoms with Crippen molar-refractivity contribution in [2.24, 2.45) is 11.7 Å². The van der Waals surface area contributed by atoms with Gasteiger partial charge in [0.25, 0.3) is 0 Å². The Bertz CT molecular complexity index is 556. The fraction of sp³-hybridized carbons (Fsp3) is 0.471. The van der Waals surface area contributed by atoms with Crippen LogP contribution in [0, 0.1) is 5.92 Å². The van der Waals surface area contributed by atoms with Crippen molar-refractivity contribution in [3.8, 4) is 10.6 Å². The van der Waals surface area contributed by atoms with Crippen molar-refractivity contribution in [3.05, 3.63) is 41.4 Å². The predicted molar refractivity (Wildman–Crippen MR) is 89.2 cm³/mol. The van der Waals surface area contributed by atoms with Crippen LogP contribution in [0.2, 0.25) is 0 Å². The first kappa shape index (κ1) is 14.7. The normalized spacial score (nSPS) is 18.8. The zero-order valence-corrected chi connectivity index (χ0v) is 13.4. The summed E-state index contributed by atoms with van der Waals surface area (Å²) in [5.74, 6) is 0.691. The van der Waals surface area contributed by atoms with Crippen LogP contribution in [0.5, 0.6) is 0 Å². The van der Waals surface area contributed by atoms with Crippen molar-refractivity contribution in [2.75, 3.05) is 13.1 Å². The molecular weight excluding hydrogens is 278 g/mol. The molecule has 1 aromatic heterocycles. The molecule has 0 spiro atoms. The van der Waals surface area contributed by atoms with Crippen LogP contribution in [0.3, 0.4) is 0 Å². The Morgan fingerprint density at radius 2 is 2.00 bits per heavy atom.